The van der Waals surface area contributed by atoms with Crippen molar-refractivity contribution in [2.45, 2.75) is 63.2 Å². The minimum absolute atomic E-state index is 0.0438. The highest BCUT2D eigenvalue weighted by atomic mass is 32.2. The van der Waals surface area contributed by atoms with Crippen molar-refractivity contribution in [2.75, 3.05) is 18.0 Å². The van der Waals surface area contributed by atoms with Crippen molar-refractivity contribution >= 4 is 33.3 Å². The van der Waals surface area contributed by atoms with Gasteiger partial charge in [-0.1, -0.05) is 64.2 Å². The van der Waals surface area contributed by atoms with Gasteiger partial charge in [0.25, 0.3) is 0 Å². The summed E-state index contributed by atoms with van der Waals surface area (Å²) in [7, 11) is 0. The largest absolute Gasteiger partial charge is 0.422 e. The Morgan fingerprint density at radius 1 is 1.06 bits per heavy atom. The molecule has 1 aromatic heterocycles. The Labute approximate surface area is 194 Å². The molecule has 0 spiro atoms. The molecule has 0 fully saturated rings. The first-order valence-electron chi connectivity index (χ1n) is 11.4. The van der Waals surface area contributed by atoms with Gasteiger partial charge in [-0.3, -0.25) is 0 Å². The highest BCUT2D eigenvalue weighted by Gasteiger charge is 2.41. The lowest BCUT2D eigenvalue weighted by atomic mass is 9.69. The zero-order chi connectivity index (χ0) is 22.8. The van der Waals surface area contributed by atoms with Crippen LogP contribution in [0, 0.1) is 6.92 Å². The second-order valence-electron chi connectivity index (χ2n) is 10.6. The fourth-order valence-electron chi connectivity index (χ4n) is 5.20. The summed E-state index contributed by atoms with van der Waals surface area (Å²) in [6.45, 7) is 17.6. The summed E-state index contributed by atoms with van der Waals surface area (Å²) in [6, 6.07) is 12.4. The van der Waals surface area contributed by atoms with Gasteiger partial charge in [0.2, 0.25) is 0 Å². The van der Waals surface area contributed by atoms with E-state index in [1.54, 1.807) is 0 Å². The molecule has 0 saturated carbocycles. The van der Waals surface area contributed by atoms with E-state index in [0.717, 1.165) is 46.7 Å². The number of rotatable bonds is 3. The van der Waals surface area contributed by atoms with Crippen molar-refractivity contribution in [1.82, 2.24) is 0 Å². The first kappa shape index (κ1) is 21.4. The molecular formula is C28H31NO2S. The molecule has 0 N–H and O–H groups in total. The average molecular weight is 446 g/mol. The Kier molecular flexibility index (Phi) is 4.86. The predicted octanol–water partition coefficient (Wildman–Crippen LogP) is 7.03. The van der Waals surface area contributed by atoms with Crippen molar-refractivity contribution in [3.8, 4) is 0 Å². The Balaban J connectivity index is 1.71. The van der Waals surface area contributed by atoms with Gasteiger partial charge in [-0.25, -0.2) is 4.79 Å². The molecule has 0 amide bonds. The van der Waals surface area contributed by atoms with Crippen molar-refractivity contribution in [1.29, 1.82) is 0 Å². The molecule has 0 bridgehead atoms. The maximum Gasteiger partial charge on any atom is 0.344 e. The highest BCUT2D eigenvalue weighted by Crippen LogP contribution is 2.51. The van der Waals surface area contributed by atoms with Crippen LogP contribution in [-0.4, -0.2) is 13.1 Å². The molecule has 0 saturated heterocycles. The number of anilines is 1. The quantitative estimate of drug-likeness (QED) is 0.320. The van der Waals surface area contributed by atoms with Crippen LogP contribution in [0.25, 0.3) is 15.9 Å². The summed E-state index contributed by atoms with van der Waals surface area (Å²) >= 11 is 1.53. The lowest BCUT2D eigenvalue weighted by molar-refractivity contribution is 0.398. The maximum absolute atomic E-state index is 13.2. The van der Waals surface area contributed by atoms with Crippen LogP contribution in [0.3, 0.4) is 0 Å². The molecule has 166 valence electrons. The second-order valence-corrected chi connectivity index (χ2v) is 11.7. The molecule has 2 aliphatic rings. The zero-order valence-corrected chi connectivity index (χ0v) is 20.5. The molecule has 0 unspecified atom stereocenters. The number of hydrogen-bond donors (Lipinski definition) is 0. The first-order chi connectivity index (χ1) is 15.1. The molecule has 2 aliphatic heterocycles. The molecule has 3 heterocycles. The van der Waals surface area contributed by atoms with Crippen LogP contribution in [-0.2, 0) is 10.8 Å². The van der Waals surface area contributed by atoms with Gasteiger partial charge in [0.15, 0.2) is 0 Å². The topological polar surface area (TPSA) is 33.5 Å². The number of hydrogen-bond acceptors (Lipinski definition) is 4. The standard InChI is InChI=1S/C28H31NO2S/c1-17-9-7-8-10-22(17)32-18(2)20-15-19-16-21-24-23(25(19)31-26(20)30)28(5,6)12-14-29(24)13-11-27(21,3)4/h7-10,15-16H,2,11-14H2,1,3-6H3. The minimum atomic E-state index is -0.303. The lowest BCUT2D eigenvalue weighted by Gasteiger charge is -2.48. The minimum Gasteiger partial charge on any atom is -0.422 e. The Morgan fingerprint density at radius 2 is 1.75 bits per heavy atom. The summed E-state index contributed by atoms with van der Waals surface area (Å²) in [5, 5.41) is 1.00. The Bertz CT molecular complexity index is 1310. The van der Waals surface area contributed by atoms with E-state index in [9.17, 15) is 4.79 Å². The van der Waals surface area contributed by atoms with E-state index < -0.39 is 0 Å². The summed E-state index contributed by atoms with van der Waals surface area (Å²) < 4.78 is 6.10. The predicted molar refractivity (Wildman–Crippen MR) is 136 cm³/mol. The molecular weight excluding hydrogens is 414 g/mol. The third kappa shape index (κ3) is 3.31. The summed E-state index contributed by atoms with van der Waals surface area (Å²) in [5.74, 6) is 0. The van der Waals surface area contributed by atoms with E-state index in [1.165, 1.54) is 34.1 Å². The highest BCUT2D eigenvalue weighted by molar-refractivity contribution is 8.08. The van der Waals surface area contributed by atoms with Crippen LogP contribution < -0.4 is 10.5 Å². The van der Waals surface area contributed by atoms with Gasteiger partial charge >= 0.3 is 5.63 Å². The molecule has 3 nitrogen and oxygen atoms in total. The number of benzene rings is 2. The molecule has 5 rings (SSSR count). The molecule has 32 heavy (non-hydrogen) atoms. The smallest absolute Gasteiger partial charge is 0.344 e. The van der Waals surface area contributed by atoms with Crippen LogP contribution >= 0.6 is 11.8 Å². The summed E-state index contributed by atoms with van der Waals surface area (Å²) in [4.78, 5) is 17.5. The van der Waals surface area contributed by atoms with E-state index in [2.05, 4.69) is 64.3 Å². The fraction of sp³-hybridized carbons (Fsp3) is 0.393. The first-order valence-corrected chi connectivity index (χ1v) is 12.2. The van der Waals surface area contributed by atoms with Crippen LogP contribution in [0.1, 0.15) is 62.8 Å². The molecule has 3 aromatic rings. The average Bonchev–Trinajstić information content (AvgIpc) is 2.72. The van der Waals surface area contributed by atoms with Gasteiger partial charge in [-0.05, 0) is 59.9 Å². The summed E-state index contributed by atoms with van der Waals surface area (Å²) in [6.07, 6.45) is 2.19. The number of aryl methyl sites for hydroxylation is 1. The number of fused-ring (bicyclic) bond motifs is 2. The van der Waals surface area contributed by atoms with E-state index in [1.807, 2.05) is 18.2 Å². The van der Waals surface area contributed by atoms with Crippen molar-refractivity contribution in [3.05, 3.63) is 75.7 Å². The maximum atomic E-state index is 13.2. The van der Waals surface area contributed by atoms with Gasteiger partial charge in [-0.15, -0.1) is 0 Å². The number of thioether (sulfide) groups is 1. The van der Waals surface area contributed by atoms with Gasteiger partial charge in [0.05, 0.1) is 5.56 Å². The van der Waals surface area contributed by atoms with E-state index in [4.69, 9.17) is 4.42 Å². The fourth-order valence-corrected chi connectivity index (χ4v) is 6.10. The van der Waals surface area contributed by atoms with E-state index in [0.29, 0.717) is 5.56 Å². The third-order valence-corrected chi connectivity index (χ3v) is 8.50. The van der Waals surface area contributed by atoms with E-state index in [-0.39, 0.29) is 16.5 Å². The monoisotopic (exact) mass is 445 g/mol. The molecule has 0 radical (unpaired) electrons. The van der Waals surface area contributed by atoms with Gasteiger partial charge < -0.3 is 9.32 Å². The number of nitrogens with zero attached hydrogens (tertiary/aromatic N) is 1. The van der Waals surface area contributed by atoms with Crippen LogP contribution in [0.15, 0.2) is 57.1 Å². The molecule has 2 aromatic carbocycles. The van der Waals surface area contributed by atoms with Crippen molar-refractivity contribution in [2.24, 2.45) is 0 Å². The zero-order valence-electron chi connectivity index (χ0n) is 19.7. The van der Waals surface area contributed by atoms with Crippen molar-refractivity contribution in [3.63, 3.8) is 0 Å². The molecule has 4 heteroatoms. The van der Waals surface area contributed by atoms with E-state index >= 15 is 0 Å². The van der Waals surface area contributed by atoms with Crippen LogP contribution in [0.5, 0.6) is 0 Å². The lowest BCUT2D eigenvalue weighted by Crippen LogP contribution is -2.44. The normalized spacial score (nSPS) is 18.5. The summed E-state index contributed by atoms with van der Waals surface area (Å²) in [5.41, 5.74) is 6.09. The van der Waals surface area contributed by atoms with Gasteiger partial charge in [-0.2, -0.15) is 0 Å². The molecule has 0 atom stereocenters. The second kappa shape index (κ2) is 7.28. The SMILES string of the molecule is C=C(Sc1ccccc1C)c1cc2cc3c4c(c2oc1=O)C(C)(C)CCN4CCC3(C)C. The Morgan fingerprint density at radius 3 is 2.47 bits per heavy atom. The van der Waals surface area contributed by atoms with Gasteiger partial charge in [0.1, 0.15) is 5.58 Å². The molecule has 0 aliphatic carbocycles. The van der Waals surface area contributed by atoms with Crippen LogP contribution in [0.2, 0.25) is 0 Å². The Hall–Kier alpha value is -2.46. The van der Waals surface area contributed by atoms with Crippen LogP contribution in [0.4, 0.5) is 5.69 Å². The third-order valence-electron chi connectivity index (χ3n) is 7.36. The van der Waals surface area contributed by atoms with Crippen molar-refractivity contribution < 1.29 is 4.42 Å². The van der Waals surface area contributed by atoms with Gasteiger partial charge in [0, 0.05) is 39.5 Å².